The van der Waals surface area contributed by atoms with Gasteiger partial charge >= 0.3 is 6.09 Å². The summed E-state index contributed by atoms with van der Waals surface area (Å²) in [6.45, 7) is 1.62. The third kappa shape index (κ3) is 3.68. The zero-order valence-electron chi connectivity index (χ0n) is 13.8. The van der Waals surface area contributed by atoms with Crippen molar-refractivity contribution < 1.29 is 19.1 Å². The molecule has 1 fully saturated rings. The highest BCUT2D eigenvalue weighted by Crippen LogP contribution is 2.18. The molecule has 25 heavy (non-hydrogen) atoms. The zero-order chi connectivity index (χ0) is 17.8. The zero-order valence-corrected chi connectivity index (χ0v) is 13.8. The molecule has 1 atom stereocenters. The van der Waals surface area contributed by atoms with Crippen LogP contribution in [0.15, 0.2) is 54.6 Å². The van der Waals surface area contributed by atoms with E-state index in [1.165, 1.54) is 0 Å². The van der Waals surface area contributed by atoms with E-state index in [2.05, 4.69) is 5.32 Å². The molecule has 1 N–H and O–H groups in total. The van der Waals surface area contributed by atoms with Crippen LogP contribution in [0.5, 0.6) is 0 Å². The minimum atomic E-state index is -0.684. The fourth-order valence-corrected chi connectivity index (χ4v) is 2.72. The van der Waals surface area contributed by atoms with E-state index in [0.29, 0.717) is 5.56 Å². The number of benzene rings is 2. The van der Waals surface area contributed by atoms with E-state index >= 15 is 0 Å². The lowest BCUT2D eigenvalue weighted by atomic mass is 10.0. The molecule has 0 aromatic heterocycles. The molecule has 0 aliphatic carbocycles. The maximum Gasteiger partial charge on any atom is 0.417 e. The fourth-order valence-electron chi connectivity index (χ4n) is 2.72. The Morgan fingerprint density at radius 3 is 2.44 bits per heavy atom. The first kappa shape index (κ1) is 16.7. The number of imide groups is 1. The van der Waals surface area contributed by atoms with Crippen LogP contribution in [0.2, 0.25) is 0 Å². The summed E-state index contributed by atoms with van der Waals surface area (Å²) in [4.78, 5) is 37.2. The molecular weight excluding hydrogens is 320 g/mol. The van der Waals surface area contributed by atoms with Gasteiger partial charge in [0.25, 0.3) is 11.8 Å². The van der Waals surface area contributed by atoms with Crippen LogP contribution in [0.4, 0.5) is 4.79 Å². The highest BCUT2D eigenvalue weighted by molar-refractivity contribution is 5.98. The van der Waals surface area contributed by atoms with Crippen LogP contribution in [0.25, 0.3) is 0 Å². The Hall–Kier alpha value is -3.15. The van der Waals surface area contributed by atoms with Crippen molar-refractivity contribution in [3.63, 3.8) is 0 Å². The Labute approximate surface area is 145 Å². The molecule has 3 amide bonds. The number of amides is 3. The summed E-state index contributed by atoms with van der Waals surface area (Å²) in [5.74, 6) is -0.664. The summed E-state index contributed by atoms with van der Waals surface area (Å²) >= 11 is 0. The van der Waals surface area contributed by atoms with Crippen LogP contribution in [-0.2, 0) is 9.53 Å². The second-order valence-electron chi connectivity index (χ2n) is 5.81. The Bertz CT molecular complexity index is 788. The lowest BCUT2D eigenvalue weighted by molar-refractivity contribution is -0.126. The van der Waals surface area contributed by atoms with Gasteiger partial charge in [-0.1, -0.05) is 48.5 Å². The number of nitrogens with zero attached hydrogens (tertiary/aromatic N) is 1. The van der Waals surface area contributed by atoms with Crippen LogP contribution in [0, 0.1) is 6.92 Å². The van der Waals surface area contributed by atoms with Gasteiger partial charge in [0.05, 0.1) is 12.6 Å². The lowest BCUT2D eigenvalue weighted by Gasteiger charge is -2.23. The predicted molar refractivity (Wildman–Crippen MR) is 90.9 cm³/mol. The highest BCUT2D eigenvalue weighted by Gasteiger charge is 2.33. The van der Waals surface area contributed by atoms with Gasteiger partial charge in [-0.15, -0.1) is 0 Å². The molecule has 2 aromatic carbocycles. The molecule has 0 bridgehead atoms. The van der Waals surface area contributed by atoms with Crippen molar-refractivity contribution in [3.05, 3.63) is 71.3 Å². The van der Waals surface area contributed by atoms with Gasteiger partial charge in [0, 0.05) is 5.56 Å². The molecule has 0 radical (unpaired) electrons. The number of hydrogen-bond donors (Lipinski definition) is 1. The number of cyclic esters (lactones) is 1. The predicted octanol–water partition coefficient (Wildman–Crippen LogP) is 2.44. The topological polar surface area (TPSA) is 75.7 Å². The van der Waals surface area contributed by atoms with Gasteiger partial charge in [-0.3, -0.25) is 9.59 Å². The first-order chi connectivity index (χ1) is 12.1. The summed E-state index contributed by atoms with van der Waals surface area (Å²) in [6.07, 6.45) is -0.684. The third-order valence-corrected chi connectivity index (χ3v) is 4.10. The Kier molecular flexibility index (Phi) is 4.79. The normalized spacial score (nSPS) is 15.0. The molecule has 0 saturated carbocycles. The summed E-state index contributed by atoms with van der Waals surface area (Å²) in [6, 6.07) is 15.9. The van der Waals surface area contributed by atoms with Crippen molar-refractivity contribution in [2.75, 3.05) is 13.2 Å². The summed E-state index contributed by atoms with van der Waals surface area (Å²) in [7, 11) is 0. The van der Waals surface area contributed by atoms with E-state index in [1.54, 1.807) is 12.1 Å². The number of carbonyl (C=O) groups excluding carboxylic acids is 3. The Balaban J connectivity index is 1.84. The smallest absolute Gasteiger partial charge is 0.417 e. The minimum absolute atomic E-state index is 0.0271. The van der Waals surface area contributed by atoms with Gasteiger partial charge in [0.2, 0.25) is 0 Å². The molecule has 1 saturated heterocycles. The average molecular weight is 338 g/mol. The van der Waals surface area contributed by atoms with Gasteiger partial charge in [0.1, 0.15) is 0 Å². The van der Waals surface area contributed by atoms with E-state index < -0.39 is 18.0 Å². The van der Waals surface area contributed by atoms with Gasteiger partial charge in [-0.25, -0.2) is 9.69 Å². The third-order valence-electron chi connectivity index (χ3n) is 4.10. The molecule has 3 rings (SSSR count). The molecule has 128 valence electrons. The summed E-state index contributed by atoms with van der Waals surface area (Å²) in [5.41, 5.74) is 2.21. The number of carbonyl (C=O) groups is 3. The lowest BCUT2D eigenvalue weighted by Crippen LogP contribution is -2.40. The maximum atomic E-state index is 12.7. The van der Waals surface area contributed by atoms with Crippen molar-refractivity contribution in [2.24, 2.45) is 0 Å². The molecule has 0 spiro atoms. The molecule has 1 unspecified atom stereocenters. The van der Waals surface area contributed by atoms with E-state index in [1.807, 2.05) is 49.4 Å². The summed E-state index contributed by atoms with van der Waals surface area (Å²) < 4.78 is 4.75. The van der Waals surface area contributed by atoms with Crippen molar-refractivity contribution >= 4 is 17.9 Å². The number of rotatable bonds is 5. The second-order valence-corrected chi connectivity index (χ2v) is 5.81. The molecule has 2 aromatic rings. The van der Waals surface area contributed by atoms with Crippen LogP contribution in [-0.4, -0.2) is 36.0 Å². The highest BCUT2D eigenvalue weighted by atomic mass is 16.6. The van der Waals surface area contributed by atoms with Gasteiger partial charge in [0.15, 0.2) is 6.61 Å². The van der Waals surface area contributed by atoms with E-state index in [-0.39, 0.29) is 19.1 Å². The number of aryl methyl sites for hydroxylation is 1. The second kappa shape index (κ2) is 7.17. The fraction of sp³-hybridized carbons (Fsp3) is 0.211. The maximum absolute atomic E-state index is 12.7. The number of hydrogen-bond acceptors (Lipinski definition) is 4. The Morgan fingerprint density at radius 2 is 1.80 bits per heavy atom. The molecule has 1 aliphatic rings. The monoisotopic (exact) mass is 338 g/mol. The first-order valence-electron chi connectivity index (χ1n) is 7.95. The molecule has 1 heterocycles. The standard InChI is InChI=1S/C19H18N2O4/c1-13-7-5-6-10-15(13)18(23)20-16(14-8-3-2-4-9-14)11-21-17(22)12-25-19(21)24/h2-10,16H,11-12H2,1H3,(H,20,23). The quantitative estimate of drug-likeness (QED) is 0.908. The largest absolute Gasteiger partial charge is 0.439 e. The Morgan fingerprint density at radius 1 is 1.12 bits per heavy atom. The average Bonchev–Trinajstić information content (AvgIpc) is 2.94. The van der Waals surface area contributed by atoms with E-state index in [4.69, 9.17) is 4.74 Å². The van der Waals surface area contributed by atoms with Crippen molar-refractivity contribution in [1.29, 1.82) is 0 Å². The summed E-state index contributed by atoms with van der Waals surface area (Å²) in [5, 5.41) is 2.92. The number of ether oxygens (including phenoxy) is 1. The van der Waals surface area contributed by atoms with Crippen molar-refractivity contribution in [1.82, 2.24) is 10.2 Å². The molecular formula is C19H18N2O4. The van der Waals surface area contributed by atoms with Crippen LogP contribution >= 0.6 is 0 Å². The SMILES string of the molecule is Cc1ccccc1C(=O)NC(CN1C(=O)COC1=O)c1ccccc1. The van der Waals surface area contributed by atoms with Gasteiger partial charge < -0.3 is 10.1 Å². The van der Waals surface area contributed by atoms with Crippen molar-refractivity contribution in [2.45, 2.75) is 13.0 Å². The van der Waals surface area contributed by atoms with Crippen LogP contribution in [0.1, 0.15) is 27.5 Å². The first-order valence-corrected chi connectivity index (χ1v) is 7.95. The van der Waals surface area contributed by atoms with E-state index in [0.717, 1.165) is 16.0 Å². The van der Waals surface area contributed by atoms with Crippen molar-refractivity contribution in [3.8, 4) is 0 Å². The minimum Gasteiger partial charge on any atom is -0.439 e. The van der Waals surface area contributed by atoms with Gasteiger partial charge in [-0.05, 0) is 24.1 Å². The molecule has 1 aliphatic heterocycles. The molecule has 6 heteroatoms. The van der Waals surface area contributed by atoms with Crippen LogP contribution < -0.4 is 5.32 Å². The number of nitrogens with one attached hydrogen (secondary N) is 1. The molecule has 6 nitrogen and oxygen atoms in total. The van der Waals surface area contributed by atoms with Gasteiger partial charge in [-0.2, -0.15) is 0 Å². The van der Waals surface area contributed by atoms with Crippen LogP contribution in [0.3, 0.4) is 0 Å². The van der Waals surface area contributed by atoms with E-state index in [9.17, 15) is 14.4 Å².